The van der Waals surface area contributed by atoms with Crippen molar-refractivity contribution in [1.82, 2.24) is 0 Å². The second-order valence-corrected chi connectivity index (χ2v) is 7.57. The van der Waals surface area contributed by atoms with Crippen molar-refractivity contribution < 1.29 is 9.53 Å². The lowest BCUT2D eigenvalue weighted by molar-refractivity contribution is 0.104. The largest absolute Gasteiger partial charge is 0.493 e. The summed E-state index contributed by atoms with van der Waals surface area (Å²) in [6, 6.07) is 15.8. The minimum absolute atomic E-state index is 0.0219. The van der Waals surface area contributed by atoms with E-state index in [1.54, 1.807) is 6.08 Å². The van der Waals surface area contributed by atoms with Crippen LogP contribution in [0.25, 0.3) is 6.08 Å². The summed E-state index contributed by atoms with van der Waals surface area (Å²) in [7, 11) is 0. The molecule has 2 aromatic carbocycles. The van der Waals surface area contributed by atoms with E-state index in [1.807, 2.05) is 42.5 Å². The highest BCUT2D eigenvalue weighted by Crippen LogP contribution is 2.21. The smallest absolute Gasteiger partial charge is 0.185 e. The standard InChI is InChI=1S/C24H29NO2/c1-19(2)18-27-23-8-6-7-20(17-23)9-14-24(26)21-10-12-22(13-11-21)25-15-4-3-5-16-25/h6-14,17,19H,3-5,15-16,18H2,1-2H3/b14-9+. The lowest BCUT2D eigenvalue weighted by Gasteiger charge is -2.28. The second kappa shape index (κ2) is 9.40. The monoisotopic (exact) mass is 363 g/mol. The molecule has 0 aromatic heterocycles. The van der Waals surface area contributed by atoms with Gasteiger partial charge in [-0.05, 0) is 73.2 Å². The minimum atomic E-state index is 0.0219. The molecule has 1 aliphatic heterocycles. The molecule has 3 rings (SSSR count). The van der Waals surface area contributed by atoms with Crippen molar-refractivity contribution in [2.45, 2.75) is 33.1 Å². The molecule has 0 N–H and O–H groups in total. The Hall–Kier alpha value is -2.55. The molecule has 0 bridgehead atoms. The number of carbonyl (C=O) groups is 1. The van der Waals surface area contributed by atoms with Gasteiger partial charge in [0.25, 0.3) is 0 Å². The quantitative estimate of drug-likeness (QED) is 0.473. The van der Waals surface area contributed by atoms with E-state index in [2.05, 4.69) is 30.9 Å². The summed E-state index contributed by atoms with van der Waals surface area (Å²) in [5, 5.41) is 0. The Labute approximate surface area is 162 Å². The molecule has 0 spiro atoms. The van der Waals surface area contributed by atoms with Gasteiger partial charge in [-0.1, -0.05) is 32.1 Å². The topological polar surface area (TPSA) is 29.5 Å². The van der Waals surface area contributed by atoms with E-state index in [-0.39, 0.29) is 5.78 Å². The van der Waals surface area contributed by atoms with Crippen LogP contribution in [0, 0.1) is 5.92 Å². The van der Waals surface area contributed by atoms with Crippen molar-refractivity contribution in [3.05, 3.63) is 65.7 Å². The Morgan fingerprint density at radius 1 is 1.07 bits per heavy atom. The van der Waals surface area contributed by atoms with Crippen LogP contribution in [0.4, 0.5) is 5.69 Å². The van der Waals surface area contributed by atoms with Crippen LogP contribution in [0.1, 0.15) is 49.0 Å². The fraction of sp³-hybridized carbons (Fsp3) is 0.375. The highest BCUT2D eigenvalue weighted by Gasteiger charge is 2.11. The zero-order valence-corrected chi connectivity index (χ0v) is 16.4. The van der Waals surface area contributed by atoms with Gasteiger partial charge < -0.3 is 9.64 Å². The zero-order chi connectivity index (χ0) is 19.1. The third-order valence-electron chi connectivity index (χ3n) is 4.74. The number of piperidine rings is 1. The number of nitrogens with zero attached hydrogens (tertiary/aromatic N) is 1. The van der Waals surface area contributed by atoms with Crippen molar-refractivity contribution in [2.75, 3.05) is 24.6 Å². The van der Waals surface area contributed by atoms with Crippen LogP contribution in [-0.4, -0.2) is 25.5 Å². The van der Waals surface area contributed by atoms with Gasteiger partial charge in [0, 0.05) is 24.3 Å². The van der Waals surface area contributed by atoms with Crippen LogP contribution in [-0.2, 0) is 0 Å². The molecule has 0 radical (unpaired) electrons. The number of ketones is 1. The summed E-state index contributed by atoms with van der Waals surface area (Å²) in [4.78, 5) is 14.9. The molecule has 3 nitrogen and oxygen atoms in total. The summed E-state index contributed by atoms with van der Waals surface area (Å²) in [6.45, 7) is 7.16. The Morgan fingerprint density at radius 3 is 2.52 bits per heavy atom. The van der Waals surface area contributed by atoms with Gasteiger partial charge >= 0.3 is 0 Å². The van der Waals surface area contributed by atoms with E-state index in [1.165, 1.54) is 24.9 Å². The molecule has 1 aliphatic rings. The van der Waals surface area contributed by atoms with Gasteiger partial charge in [0.1, 0.15) is 5.75 Å². The molecule has 0 atom stereocenters. The number of hydrogen-bond acceptors (Lipinski definition) is 3. The first-order chi connectivity index (χ1) is 13.1. The van der Waals surface area contributed by atoms with Gasteiger partial charge in [-0.3, -0.25) is 4.79 Å². The van der Waals surface area contributed by atoms with Crippen molar-refractivity contribution in [3.63, 3.8) is 0 Å². The molecule has 27 heavy (non-hydrogen) atoms. The van der Waals surface area contributed by atoms with Crippen molar-refractivity contribution in [1.29, 1.82) is 0 Å². The first-order valence-corrected chi connectivity index (χ1v) is 9.92. The highest BCUT2D eigenvalue weighted by atomic mass is 16.5. The first kappa shape index (κ1) is 19.2. The van der Waals surface area contributed by atoms with Crippen LogP contribution >= 0.6 is 0 Å². The molecule has 0 amide bonds. The second-order valence-electron chi connectivity index (χ2n) is 7.57. The Morgan fingerprint density at radius 2 is 1.81 bits per heavy atom. The van der Waals surface area contributed by atoms with E-state index in [4.69, 9.17) is 4.74 Å². The number of rotatable bonds is 7. The highest BCUT2D eigenvalue weighted by molar-refractivity contribution is 6.07. The fourth-order valence-electron chi connectivity index (χ4n) is 3.23. The average molecular weight is 364 g/mol. The SMILES string of the molecule is CC(C)COc1cccc(/C=C/C(=O)c2ccc(N3CCCCC3)cc2)c1. The predicted octanol–water partition coefficient (Wildman–Crippen LogP) is 5.61. The van der Waals surface area contributed by atoms with Crippen LogP contribution < -0.4 is 9.64 Å². The van der Waals surface area contributed by atoms with Crippen molar-refractivity contribution >= 4 is 17.5 Å². The van der Waals surface area contributed by atoms with Gasteiger partial charge in [-0.25, -0.2) is 0 Å². The van der Waals surface area contributed by atoms with Crippen molar-refractivity contribution in [2.24, 2.45) is 5.92 Å². The summed E-state index contributed by atoms with van der Waals surface area (Å²) in [5.41, 5.74) is 2.90. The number of anilines is 1. The lowest BCUT2D eigenvalue weighted by Crippen LogP contribution is -2.29. The maximum absolute atomic E-state index is 12.5. The zero-order valence-electron chi connectivity index (χ0n) is 16.4. The molecular formula is C24H29NO2. The number of ether oxygens (including phenoxy) is 1. The van der Waals surface area contributed by atoms with Crippen LogP contribution in [0.5, 0.6) is 5.75 Å². The molecule has 0 unspecified atom stereocenters. The summed E-state index contributed by atoms with van der Waals surface area (Å²) < 4.78 is 5.75. The molecule has 3 heteroatoms. The lowest BCUT2D eigenvalue weighted by atomic mass is 10.1. The Bertz CT molecular complexity index is 771. The summed E-state index contributed by atoms with van der Waals surface area (Å²) >= 11 is 0. The molecule has 1 saturated heterocycles. The first-order valence-electron chi connectivity index (χ1n) is 9.92. The van der Waals surface area contributed by atoms with E-state index in [0.717, 1.165) is 30.0 Å². The van der Waals surface area contributed by atoms with Crippen LogP contribution in [0.3, 0.4) is 0 Å². The Kier molecular flexibility index (Phi) is 6.69. The normalized spacial score (nSPS) is 14.7. The summed E-state index contributed by atoms with van der Waals surface area (Å²) in [5.74, 6) is 1.34. The minimum Gasteiger partial charge on any atom is -0.493 e. The van der Waals surface area contributed by atoms with Gasteiger partial charge in [0.2, 0.25) is 0 Å². The predicted molar refractivity (Wildman–Crippen MR) is 113 cm³/mol. The molecular weight excluding hydrogens is 334 g/mol. The molecule has 1 fully saturated rings. The number of hydrogen-bond donors (Lipinski definition) is 0. The third-order valence-corrected chi connectivity index (χ3v) is 4.74. The number of allylic oxidation sites excluding steroid dienone is 1. The van der Waals surface area contributed by atoms with Crippen molar-refractivity contribution in [3.8, 4) is 5.75 Å². The molecule has 1 heterocycles. The van der Waals surface area contributed by atoms with Gasteiger partial charge in [0.15, 0.2) is 5.78 Å². The van der Waals surface area contributed by atoms with E-state index < -0.39 is 0 Å². The number of benzene rings is 2. The molecule has 0 saturated carbocycles. The fourth-order valence-corrected chi connectivity index (χ4v) is 3.23. The summed E-state index contributed by atoms with van der Waals surface area (Å²) in [6.07, 6.45) is 7.31. The van der Waals surface area contributed by atoms with Gasteiger partial charge in [0.05, 0.1) is 6.61 Å². The molecule has 142 valence electrons. The van der Waals surface area contributed by atoms with Gasteiger partial charge in [-0.2, -0.15) is 0 Å². The molecule has 2 aromatic rings. The Balaban J connectivity index is 1.61. The third kappa shape index (κ3) is 5.72. The van der Waals surface area contributed by atoms with Crippen LogP contribution in [0.2, 0.25) is 0 Å². The maximum atomic E-state index is 12.5. The molecule has 0 aliphatic carbocycles. The van der Waals surface area contributed by atoms with E-state index in [9.17, 15) is 4.79 Å². The van der Waals surface area contributed by atoms with E-state index >= 15 is 0 Å². The van der Waals surface area contributed by atoms with E-state index in [0.29, 0.717) is 12.5 Å². The maximum Gasteiger partial charge on any atom is 0.185 e. The average Bonchev–Trinajstić information content (AvgIpc) is 2.71. The number of carbonyl (C=O) groups excluding carboxylic acids is 1. The van der Waals surface area contributed by atoms with Crippen LogP contribution in [0.15, 0.2) is 54.6 Å². The van der Waals surface area contributed by atoms with Gasteiger partial charge in [-0.15, -0.1) is 0 Å².